The number of nitrogens with one attached hydrogen (secondary N) is 3. The summed E-state index contributed by atoms with van der Waals surface area (Å²) in [6.45, 7) is 5.50. The van der Waals surface area contributed by atoms with Gasteiger partial charge in [-0.2, -0.15) is 0 Å². The summed E-state index contributed by atoms with van der Waals surface area (Å²) in [6.07, 6.45) is 1.52. The molecular weight excluding hydrogens is 529 g/mol. The highest BCUT2D eigenvalue weighted by molar-refractivity contribution is 5.94. The summed E-state index contributed by atoms with van der Waals surface area (Å²) < 4.78 is 21.8. The minimum Gasteiger partial charge on any atom is -0.458 e. The molecular formula is C30H34FN5O5. The number of aliphatic hydroxyl groups is 1. The van der Waals surface area contributed by atoms with Gasteiger partial charge in [0.2, 0.25) is 5.91 Å². The summed E-state index contributed by atoms with van der Waals surface area (Å²) in [5.74, 6) is -1.24. The Kier molecular flexibility index (Phi) is 6.91. The molecule has 6 rings (SSSR count). The van der Waals surface area contributed by atoms with E-state index < -0.39 is 11.6 Å². The largest absolute Gasteiger partial charge is 0.458 e. The molecule has 10 nitrogen and oxygen atoms in total. The van der Waals surface area contributed by atoms with Gasteiger partial charge in [-0.25, -0.2) is 14.2 Å². The maximum atomic E-state index is 15.1. The summed E-state index contributed by atoms with van der Waals surface area (Å²) in [7, 11) is 1.87. The monoisotopic (exact) mass is 563 g/mol. The van der Waals surface area contributed by atoms with Crippen LogP contribution >= 0.6 is 0 Å². The number of cyclic esters (lactones) is 1. The summed E-state index contributed by atoms with van der Waals surface area (Å²) in [6, 6.07) is 2.72. The molecule has 2 aliphatic heterocycles. The van der Waals surface area contributed by atoms with E-state index in [1.54, 1.807) is 24.5 Å². The third kappa shape index (κ3) is 4.25. The number of benzene rings is 1. The number of aryl methyl sites for hydroxylation is 1. The van der Waals surface area contributed by atoms with Crippen LogP contribution < -0.4 is 21.5 Å². The molecule has 0 bridgehead atoms. The number of ether oxygens (including phenoxy) is 1. The molecule has 41 heavy (non-hydrogen) atoms. The first-order valence-corrected chi connectivity index (χ1v) is 14.2. The van der Waals surface area contributed by atoms with Crippen LogP contribution in [0, 0.1) is 12.7 Å². The Morgan fingerprint density at radius 2 is 2.02 bits per heavy atom. The normalized spacial score (nSPS) is 20.4. The highest BCUT2D eigenvalue weighted by Gasteiger charge is 2.46. The first-order valence-electron chi connectivity index (χ1n) is 14.2. The molecule has 0 saturated carbocycles. The smallest absolute Gasteiger partial charge is 0.343 e. The van der Waals surface area contributed by atoms with Crippen LogP contribution in [0.4, 0.5) is 4.39 Å². The van der Waals surface area contributed by atoms with Crippen LogP contribution in [0.1, 0.15) is 65.6 Å². The van der Waals surface area contributed by atoms with E-state index >= 15 is 4.39 Å². The number of esters is 1. The zero-order valence-electron chi connectivity index (χ0n) is 23.4. The summed E-state index contributed by atoms with van der Waals surface area (Å²) in [5, 5.41) is 21.5. The van der Waals surface area contributed by atoms with Gasteiger partial charge in [-0.3, -0.25) is 9.59 Å². The van der Waals surface area contributed by atoms with Gasteiger partial charge in [-0.1, -0.05) is 6.92 Å². The van der Waals surface area contributed by atoms with E-state index in [4.69, 9.17) is 9.72 Å². The molecule has 0 spiro atoms. The van der Waals surface area contributed by atoms with Crippen LogP contribution in [-0.4, -0.2) is 53.2 Å². The van der Waals surface area contributed by atoms with Crippen molar-refractivity contribution in [3.63, 3.8) is 0 Å². The topological polar surface area (TPSA) is 135 Å². The number of amides is 1. The SMILES string of the molecule is CC[C@@]1(O)C(=O)OCc2c1cc1n(c2=O)Cc2c-1nc1cc(F)c(C)c3c1c2[C@@H](NC(=O)CCNCCNC)CC3. The Morgan fingerprint density at radius 3 is 2.78 bits per heavy atom. The Balaban J connectivity index is 1.48. The van der Waals surface area contributed by atoms with E-state index in [0.29, 0.717) is 48.3 Å². The molecule has 0 fully saturated rings. The van der Waals surface area contributed by atoms with Crippen molar-refractivity contribution >= 4 is 22.8 Å². The Labute approximate surface area is 236 Å². The zero-order chi connectivity index (χ0) is 29.1. The third-order valence-corrected chi connectivity index (χ3v) is 8.79. The molecule has 0 saturated heterocycles. The van der Waals surface area contributed by atoms with Crippen LogP contribution in [0.15, 0.2) is 16.9 Å². The predicted octanol–water partition coefficient (Wildman–Crippen LogP) is 1.83. The minimum absolute atomic E-state index is 0.0384. The molecule has 11 heteroatoms. The molecule has 3 aliphatic rings. The highest BCUT2D eigenvalue weighted by atomic mass is 19.1. The first kappa shape index (κ1) is 27.5. The third-order valence-electron chi connectivity index (χ3n) is 8.79. The van der Waals surface area contributed by atoms with E-state index in [9.17, 15) is 19.5 Å². The molecule has 2 aromatic heterocycles. The number of aromatic nitrogens is 2. The van der Waals surface area contributed by atoms with Crippen LogP contribution in [-0.2, 0) is 39.5 Å². The number of hydrogen-bond acceptors (Lipinski definition) is 8. The standard InChI is InChI=1S/C30H34FN5O5/c1-4-30(40)19-11-23-27-17(13-36(23)28(38)18(19)14-41-29(30)39)26-21(34-24(37)7-8-33-10-9-32-3)6-5-16-15(2)20(31)12-22(35-27)25(16)26/h11-12,21,32-33,40H,4-10,13-14H2,1-3H3,(H,34,37)/t21-,30-/m0/s1. The number of nitrogens with zero attached hydrogens (tertiary/aromatic N) is 2. The fourth-order valence-electron chi connectivity index (χ4n) is 6.51. The number of halogens is 1. The van der Waals surface area contributed by atoms with E-state index in [1.807, 2.05) is 7.05 Å². The van der Waals surface area contributed by atoms with Gasteiger partial charge in [0.15, 0.2) is 5.60 Å². The Hall–Kier alpha value is -3.67. The van der Waals surface area contributed by atoms with Crippen molar-refractivity contribution < 1.29 is 23.8 Å². The molecule has 2 atom stereocenters. The van der Waals surface area contributed by atoms with Gasteiger partial charge < -0.3 is 30.4 Å². The highest BCUT2D eigenvalue weighted by Crippen LogP contribution is 2.45. The summed E-state index contributed by atoms with van der Waals surface area (Å²) in [4.78, 5) is 44.1. The maximum absolute atomic E-state index is 15.1. The van der Waals surface area contributed by atoms with E-state index in [2.05, 4.69) is 16.0 Å². The molecule has 4 heterocycles. The fraction of sp³-hybridized carbons (Fsp3) is 0.467. The fourth-order valence-corrected chi connectivity index (χ4v) is 6.51. The zero-order valence-corrected chi connectivity index (χ0v) is 23.4. The lowest BCUT2D eigenvalue weighted by molar-refractivity contribution is -0.172. The van der Waals surface area contributed by atoms with Gasteiger partial charge >= 0.3 is 5.97 Å². The van der Waals surface area contributed by atoms with E-state index in [1.165, 1.54) is 6.07 Å². The first-order chi connectivity index (χ1) is 19.7. The molecule has 4 N–H and O–H groups in total. The number of hydrogen-bond donors (Lipinski definition) is 4. The summed E-state index contributed by atoms with van der Waals surface area (Å²) >= 11 is 0. The van der Waals surface area contributed by atoms with E-state index in [0.717, 1.165) is 35.2 Å². The Morgan fingerprint density at radius 1 is 1.22 bits per heavy atom. The molecule has 1 aliphatic carbocycles. The van der Waals surface area contributed by atoms with Gasteiger partial charge in [0, 0.05) is 48.6 Å². The van der Waals surface area contributed by atoms with Crippen LogP contribution in [0.5, 0.6) is 0 Å². The van der Waals surface area contributed by atoms with Crippen molar-refractivity contribution in [2.24, 2.45) is 0 Å². The average molecular weight is 564 g/mol. The van der Waals surface area contributed by atoms with Gasteiger partial charge in [-0.05, 0) is 56.0 Å². The van der Waals surface area contributed by atoms with Crippen molar-refractivity contribution in [2.75, 3.05) is 26.7 Å². The van der Waals surface area contributed by atoms with Gasteiger partial charge in [0.05, 0.1) is 35.1 Å². The van der Waals surface area contributed by atoms with E-state index in [-0.39, 0.29) is 54.0 Å². The average Bonchev–Trinajstić information content (AvgIpc) is 3.33. The van der Waals surface area contributed by atoms with Gasteiger partial charge in [0.1, 0.15) is 12.4 Å². The number of fused-ring (bicyclic) bond motifs is 5. The van der Waals surface area contributed by atoms with Gasteiger partial charge in [0.25, 0.3) is 5.56 Å². The second-order valence-corrected chi connectivity index (χ2v) is 11.1. The molecule has 0 unspecified atom stereocenters. The molecule has 1 aromatic carbocycles. The van der Waals surface area contributed by atoms with Crippen LogP contribution in [0.3, 0.4) is 0 Å². The van der Waals surface area contributed by atoms with Crippen LogP contribution in [0.25, 0.3) is 22.3 Å². The van der Waals surface area contributed by atoms with Gasteiger partial charge in [-0.15, -0.1) is 0 Å². The second kappa shape index (κ2) is 10.3. The van der Waals surface area contributed by atoms with Crippen LogP contribution in [0.2, 0.25) is 0 Å². The number of rotatable bonds is 8. The quantitative estimate of drug-likeness (QED) is 0.189. The maximum Gasteiger partial charge on any atom is 0.343 e. The number of pyridine rings is 2. The van der Waals surface area contributed by atoms with Crippen molar-refractivity contribution in [1.82, 2.24) is 25.5 Å². The van der Waals surface area contributed by atoms with Crippen molar-refractivity contribution in [2.45, 2.75) is 64.3 Å². The Bertz CT molecular complexity index is 1670. The molecule has 3 aromatic rings. The summed E-state index contributed by atoms with van der Waals surface area (Å²) in [5.41, 5.74) is 2.63. The molecule has 216 valence electrons. The lowest BCUT2D eigenvalue weighted by Gasteiger charge is -2.31. The van der Waals surface area contributed by atoms with Crippen molar-refractivity contribution in [3.8, 4) is 11.4 Å². The lowest BCUT2D eigenvalue weighted by atomic mass is 9.81. The predicted molar refractivity (Wildman–Crippen MR) is 150 cm³/mol. The second-order valence-electron chi connectivity index (χ2n) is 11.1. The molecule has 0 radical (unpaired) electrons. The van der Waals surface area contributed by atoms with Crippen molar-refractivity contribution in [1.29, 1.82) is 0 Å². The lowest BCUT2D eigenvalue weighted by Crippen LogP contribution is -2.44. The molecule has 1 amide bonds. The van der Waals surface area contributed by atoms with Crippen molar-refractivity contribution in [3.05, 3.63) is 61.7 Å². The number of carbonyl (C=O) groups excluding carboxylic acids is 2. The minimum atomic E-state index is -1.94. The number of carbonyl (C=O) groups is 2. The number of likely N-dealkylation sites (N-methyl/N-ethyl adjacent to an activating group) is 1.